The Bertz CT molecular complexity index is 389. The topological polar surface area (TPSA) is 51.5 Å². The quantitative estimate of drug-likeness (QED) is 0.646. The molecule has 0 aromatic heterocycles. The fraction of sp³-hybridized carbons (Fsp3) is 0.462. The third kappa shape index (κ3) is 3.28. The molecule has 2 rings (SSSR count). The van der Waals surface area contributed by atoms with Crippen LogP contribution in [0.1, 0.15) is 19.4 Å². The second-order valence-electron chi connectivity index (χ2n) is 4.46. The van der Waals surface area contributed by atoms with Crippen molar-refractivity contribution in [2.45, 2.75) is 32.3 Å². The van der Waals surface area contributed by atoms with Gasteiger partial charge in [0.15, 0.2) is 11.9 Å². The van der Waals surface area contributed by atoms with E-state index in [9.17, 15) is 0 Å². The lowest BCUT2D eigenvalue weighted by atomic mass is 10.2. The minimum Gasteiger partial charge on any atom is -0.474 e. The zero-order valence-electron chi connectivity index (χ0n) is 10.1. The summed E-state index contributed by atoms with van der Waals surface area (Å²) in [6.07, 6.45) is -0.395. The van der Waals surface area contributed by atoms with Gasteiger partial charge in [-0.3, -0.25) is 5.41 Å². The number of hydrogen-bond donors (Lipinski definition) is 1. The number of ether oxygens (including phenoxy) is 3. The molecular formula is C13H17NO3. The molecule has 1 aliphatic heterocycles. The van der Waals surface area contributed by atoms with Crippen LogP contribution in [0.2, 0.25) is 0 Å². The second-order valence-corrected chi connectivity index (χ2v) is 4.46. The molecule has 0 amide bonds. The molecule has 0 spiro atoms. The first-order valence-electron chi connectivity index (χ1n) is 5.64. The first-order chi connectivity index (χ1) is 8.07. The summed E-state index contributed by atoms with van der Waals surface area (Å²) in [6.45, 7) is 4.43. The molecule has 1 aromatic rings. The van der Waals surface area contributed by atoms with Crippen molar-refractivity contribution in [2.24, 2.45) is 0 Å². The van der Waals surface area contributed by atoms with E-state index in [1.165, 1.54) is 0 Å². The fourth-order valence-corrected chi connectivity index (χ4v) is 1.64. The number of rotatable bonds is 3. The van der Waals surface area contributed by atoms with Crippen LogP contribution in [0, 0.1) is 5.41 Å². The predicted octanol–water partition coefficient (Wildman–Crippen LogP) is 2.33. The highest BCUT2D eigenvalue weighted by Gasteiger charge is 2.36. The van der Waals surface area contributed by atoms with Gasteiger partial charge in [0, 0.05) is 0 Å². The molecule has 1 heterocycles. The minimum absolute atomic E-state index is 0.124. The Hall–Kier alpha value is -1.39. The van der Waals surface area contributed by atoms with Gasteiger partial charge in [-0.2, -0.15) is 0 Å². The predicted molar refractivity (Wildman–Crippen MR) is 63.9 cm³/mol. The van der Waals surface area contributed by atoms with Gasteiger partial charge in [0.2, 0.25) is 5.90 Å². The summed E-state index contributed by atoms with van der Waals surface area (Å²) in [5, 5.41) is 7.78. The molecule has 1 aromatic carbocycles. The lowest BCUT2D eigenvalue weighted by molar-refractivity contribution is -0.133. The molecule has 92 valence electrons. The maximum atomic E-state index is 7.78. The van der Waals surface area contributed by atoms with Gasteiger partial charge in [0.05, 0.1) is 6.61 Å². The highest BCUT2D eigenvalue weighted by molar-refractivity contribution is 5.78. The molecule has 0 saturated carbocycles. The van der Waals surface area contributed by atoms with E-state index >= 15 is 0 Å². The van der Waals surface area contributed by atoms with Crippen molar-refractivity contribution in [1.82, 2.24) is 0 Å². The lowest BCUT2D eigenvalue weighted by Gasteiger charge is -2.17. The van der Waals surface area contributed by atoms with E-state index < -0.39 is 11.9 Å². The molecule has 1 N–H and O–H groups in total. The van der Waals surface area contributed by atoms with Gasteiger partial charge >= 0.3 is 0 Å². The number of benzene rings is 1. The van der Waals surface area contributed by atoms with Gasteiger partial charge < -0.3 is 14.2 Å². The largest absolute Gasteiger partial charge is 0.474 e. The Balaban J connectivity index is 1.83. The van der Waals surface area contributed by atoms with Gasteiger partial charge in [-0.25, -0.2) is 0 Å². The number of hydrogen-bond acceptors (Lipinski definition) is 4. The average Bonchev–Trinajstić information content (AvgIpc) is 2.68. The van der Waals surface area contributed by atoms with Crippen LogP contribution in [-0.2, 0) is 20.8 Å². The van der Waals surface area contributed by atoms with E-state index in [-0.39, 0.29) is 5.90 Å². The highest BCUT2D eigenvalue weighted by atomic mass is 16.7. The van der Waals surface area contributed by atoms with Crippen molar-refractivity contribution in [3.63, 3.8) is 0 Å². The standard InChI is InChI=1S/C13H17NO3/c1-13(2)16-9-11(17-13)12(14)15-8-10-6-4-3-5-7-10/h3-7,11,14H,8-9H2,1-2H3/t11-/m1/s1. The molecule has 1 atom stereocenters. The third-order valence-corrected chi connectivity index (χ3v) is 2.54. The summed E-state index contributed by atoms with van der Waals surface area (Å²) in [5.41, 5.74) is 1.04. The molecule has 0 radical (unpaired) electrons. The summed E-state index contributed by atoms with van der Waals surface area (Å²) in [5.74, 6) is -0.494. The normalized spacial score (nSPS) is 22.4. The SMILES string of the molecule is CC1(C)OC[C@H](C(=N)OCc2ccccc2)O1. The Morgan fingerprint density at radius 1 is 1.41 bits per heavy atom. The molecule has 17 heavy (non-hydrogen) atoms. The van der Waals surface area contributed by atoms with Crippen molar-refractivity contribution in [3.8, 4) is 0 Å². The smallest absolute Gasteiger partial charge is 0.213 e. The van der Waals surface area contributed by atoms with Crippen LogP contribution < -0.4 is 0 Å². The fourth-order valence-electron chi connectivity index (χ4n) is 1.64. The van der Waals surface area contributed by atoms with Crippen LogP contribution in [0.4, 0.5) is 0 Å². The van der Waals surface area contributed by atoms with Crippen molar-refractivity contribution in [3.05, 3.63) is 35.9 Å². The Morgan fingerprint density at radius 3 is 2.71 bits per heavy atom. The molecular weight excluding hydrogens is 218 g/mol. The first-order valence-corrected chi connectivity index (χ1v) is 5.64. The minimum atomic E-state index is -0.618. The van der Waals surface area contributed by atoms with Crippen LogP contribution >= 0.6 is 0 Å². The van der Waals surface area contributed by atoms with Gasteiger partial charge in [-0.1, -0.05) is 30.3 Å². The van der Waals surface area contributed by atoms with Crippen molar-refractivity contribution < 1.29 is 14.2 Å². The van der Waals surface area contributed by atoms with Crippen molar-refractivity contribution in [1.29, 1.82) is 5.41 Å². The second kappa shape index (κ2) is 4.85. The molecule has 0 aliphatic carbocycles. The van der Waals surface area contributed by atoms with E-state index in [0.717, 1.165) is 5.56 Å². The first kappa shape index (κ1) is 12.1. The summed E-state index contributed by atoms with van der Waals surface area (Å²) >= 11 is 0. The summed E-state index contributed by atoms with van der Waals surface area (Å²) < 4.78 is 16.3. The van der Waals surface area contributed by atoms with Crippen LogP contribution in [0.3, 0.4) is 0 Å². The average molecular weight is 235 g/mol. The summed E-state index contributed by atoms with van der Waals surface area (Å²) in [4.78, 5) is 0. The Kier molecular flexibility index (Phi) is 3.45. The van der Waals surface area contributed by atoms with E-state index in [1.807, 2.05) is 44.2 Å². The molecule has 0 unspecified atom stereocenters. The molecule has 4 nitrogen and oxygen atoms in total. The zero-order valence-corrected chi connectivity index (χ0v) is 10.1. The van der Waals surface area contributed by atoms with Gasteiger partial charge in [-0.15, -0.1) is 0 Å². The summed E-state index contributed by atoms with van der Waals surface area (Å²) in [6, 6.07) is 9.76. The van der Waals surface area contributed by atoms with Crippen molar-refractivity contribution >= 4 is 5.90 Å². The third-order valence-electron chi connectivity index (χ3n) is 2.54. The van der Waals surface area contributed by atoms with Crippen LogP contribution in [0.25, 0.3) is 0 Å². The monoisotopic (exact) mass is 235 g/mol. The number of nitrogens with one attached hydrogen (secondary N) is 1. The van der Waals surface area contributed by atoms with E-state index in [2.05, 4.69) is 0 Å². The zero-order chi connectivity index (χ0) is 12.3. The van der Waals surface area contributed by atoms with Gasteiger partial charge in [0.1, 0.15) is 6.61 Å². The van der Waals surface area contributed by atoms with E-state index in [4.69, 9.17) is 19.6 Å². The molecule has 1 fully saturated rings. The van der Waals surface area contributed by atoms with E-state index in [1.54, 1.807) is 0 Å². The highest BCUT2D eigenvalue weighted by Crippen LogP contribution is 2.23. The van der Waals surface area contributed by atoms with Crippen LogP contribution in [0.15, 0.2) is 30.3 Å². The van der Waals surface area contributed by atoms with E-state index in [0.29, 0.717) is 13.2 Å². The molecule has 1 aliphatic rings. The molecule has 4 heteroatoms. The Labute approximate surface area is 101 Å². The molecule has 0 bridgehead atoms. The maximum absolute atomic E-state index is 7.78. The van der Waals surface area contributed by atoms with Crippen molar-refractivity contribution in [2.75, 3.05) is 6.61 Å². The summed E-state index contributed by atoms with van der Waals surface area (Å²) in [7, 11) is 0. The Morgan fingerprint density at radius 2 is 2.12 bits per heavy atom. The van der Waals surface area contributed by atoms with Crippen LogP contribution in [-0.4, -0.2) is 24.4 Å². The molecule has 1 saturated heterocycles. The van der Waals surface area contributed by atoms with Gasteiger partial charge in [-0.05, 0) is 19.4 Å². The van der Waals surface area contributed by atoms with Crippen LogP contribution in [0.5, 0.6) is 0 Å². The van der Waals surface area contributed by atoms with Gasteiger partial charge in [0.25, 0.3) is 0 Å². The lowest BCUT2D eigenvalue weighted by Crippen LogP contribution is -2.28. The maximum Gasteiger partial charge on any atom is 0.213 e.